The number of piperidine rings is 1. The molecule has 0 aromatic rings. The molecule has 0 aromatic carbocycles. The molecule has 15 heavy (non-hydrogen) atoms. The second-order valence-corrected chi connectivity index (χ2v) is 4.53. The van der Waals surface area contributed by atoms with E-state index in [1.807, 2.05) is 6.92 Å². The molecule has 0 saturated carbocycles. The summed E-state index contributed by atoms with van der Waals surface area (Å²) in [6.07, 6.45) is 3.49. The van der Waals surface area contributed by atoms with E-state index in [4.69, 9.17) is 5.11 Å². The van der Waals surface area contributed by atoms with Gasteiger partial charge in [-0.2, -0.15) is 0 Å². The smallest absolute Gasteiger partial charge is 0.330 e. The highest BCUT2D eigenvalue weighted by Gasteiger charge is 2.27. The first-order chi connectivity index (χ1) is 6.91. The van der Waals surface area contributed by atoms with Crippen molar-refractivity contribution in [2.75, 3.05) is 19.6 Å². The lowest BCUT2D eigenvalue weighted by atomic mass is 9.95. The van der Waals surface area contributed by atoms with Gasteiger partial charge in [-0.15, -0.1) is 0 Å². The Morgan fingerprint density at radius 1 is 1.60 bits per heavy atom. The van der Waals surface area contributed by atoms with Gasteiger partial charge in [0, 0.05) is 18.7 Å². The molecule has 1 fully saturated rings. The number of carboxylic acid groups (broad SMARTS) is 1. The molecule has 86 valence electrons. The zero-order chi connectivity index (χ0) is 11.5. The maximum absolute atomic E-state index is 10.6. The summed E-state index contributed by atoms with van der Waals surface area (Å²) in [6.45, 7) is 5.57. The van der Waals surface area contributed by atoms with Crippen LogP contribution in [0.3, 0.4) is 0 Å². The molecule has 0 spiro atoms. The lowest BCUT2D eigenvalue weighted by molar-refractivity contribution is -0.132. The minimum absolute atomic E-state index is 0.361. The average molecular weight is 213 g/mol. The molecule has 0 aliphatic carbocycles. The highest BCUT2D eigenvalue weighted by atomic mass is 16.4. The third kappa shape index (κ3) is 4.01. The van der Waals surface area contributed by atoms with E-state index in [-0.39, 0.29) is 0 Å². The van der Waals surface area contributed by atoms with Crippen molar-refractivity contribution >= 4 is 5.97 Å². The van der Waals surface area contributed by atoms with E-state index >= 15 is 0 Å². The normalized spacial score (nSPS) is 29.1. The van der Waals surface area contributed by atoms with Gasteiger partial charge in [0.05, 0.1) is 5.60 Å². The standard InChI is InChI=1S/C11H19NO3/c1-9(10(13)14)4-7-12-6-3-5-11(2,15)8-12/h4,15H,3,5-8H2,1-2H3,(H,13,14). The quantitative estimate of drug-likeness (QED) is 0.683. The highest BCUT2D eigenvalue weighted by Crippen LogP contribution is 2.19. The van der Waals surface area contributed by atoms with Crippen LogP contribution in [0.4, 0.5) is 0 Å². The predicted molar refractivity (Wildman–Crippen MR) is 57.7 cm³/mol. The number of likely N-dealkylation sites (tertiary alicyclic amines) is 1. The molecule has 4 nitrogen and oxygen atoms in total. The molecule has 1 saturated heterocycles. The SMILES string of the molecule is CC(=CCN1CCCC(C)(O)C1)C(=O)O. The van der Waals surface area contributed by atoms with E-state index < -0.39 is 11.6 Å². The van der Waals surface area contributed by atoms with E-state index in [2.05, 4.69) is 4.90 Å². The molecule has 0 aromatic heterocycles. The van der Waals surface area contributed by atoms with Gasteiger partial charge < -0.3 is 10.2 Å². The first-order valence-electron chi connectivity index (χ1n) is 5.25. The molecule has 2 N–H and O–H groups in total. The van der Waals surface area contributed by atoms with Crippen molar-refractivity contribution in [2.45, 2.75) is 32.3 Å². The number of aliphatic carboxylic acids is 1. The van der Waals surface area contributed by atoms with Crippen LogP contribution < -0.4 is 0 Å². The molecular weight excluding hydrogens is 194 g/mol. The maximum atomic E-state index is 10.6. The van der Waals surface area contributed by atoms with Gasteiger partial charge in [-0.25, -0.2) is 4.79 Å². The first kappa shape index (κ1) is 12.2. The first-order valence-corrected chi connectivity index (χ1v) is 5.25. The summed E-state index contributed by atoms with van der Waals surface area (Å²) in [5.41, 5.74) is -0.260. The van der Waals surface area contributed by atoms with Crippen molar-refractivity contribution in [3.63, 3.8) is 0 Å². The van der Waals surface area contributed by atoms with Gasteiger partial charge >= 0.3 is 5.97 Å². The second kappa shape index (κ2) is 4.77. The fraction of sp³-hybridized carbons (Fsp3) is 0.727. The van der Waals surface area contributed by atoms with Crippen molar-refractivity contribution in [1.82, 2.24) is 4.90 Å². The van der Waals surface area contributed by atoms with E-state index in [9.17, 15) is 9.90 Å². The molecule has 0 radical (unpaired) electrons. The number of β-amino-alcohol motifs (C(OH)–C–C–N with tert-alkyl or cyclic N) is 1. The van der Waals surface area contributed by atoms with Gasteiger partial charge in [-0.05, 0) is 33.2 Å². The molecule has 4 heteroatoms. The Balaban J connectivity index is 2.46. The Hall–Kier alpha value is -0.870. The summed E-state index contributed by atoms with van der Waals surface area (Å²) in [4.78, 5) is 12.6. The zero-order valence-corrected chi connectivity index (χ0v) is 9.36. The lowest BCUT2D eigenvalue weighted by Gasteiger charge is -2.36. The van der Waals surface area contributed by atoms with Crippen LogP contribution in [-0.4, -0.2) is 46.3 Å². The summed E-state index contributed by atoms with van der Waals surface area (Å²) in [6, 6.07) is 0. The number of rotatable bonds is 3. The van der Waals surface area contributed by atoms with Crippen LogP contribution in [0.5, 0.6) is 0 Å². The van der Waals surface area contributed by atoms with E-state index in [0.717, 1.165) is 19.4 Å². The Morgan fingerprint density at radius 2 is 2.27 bits per heavy atom. The molecule has 1 aliphatic heterocycles. The highest BCUT2D eigenvalue weighted by molar-refractivity contribution is 5.85. The zero-order valence-electron chi connectivity index (χ0n) is 9.36. The number of carbonyl (C=O) groups is 1. The van der Waals surface area contributed by atoms with Crippen LogP contribution in [0.15, 0.2) is 11.6 Å². The summed E-state index contributed by atoms with van der Waals surface area (Å²) in [5, 5.41) is 18.5. The Morgan fingerprint density at radius 3 is 2.80 bits per heavy atom. The summed E-state index contributed by atoms with van der Waals surface area (Å²) < 4.78 is 0. The summed E-state index contributed by atoms with van der Waals surface area (Å²) in [5.74, 6) is -0.876. The molecule has 1 rings (SSSR count). The fourth-order valence-electron chi connectivity index (χ4n) is 1.83. The molecule has 1 unspecified atom stereocenters. The van der Waals surface area contributed by atoms with Crippen molar-refractivity contribution < 1.29 is 15.0 Å². The van der Waals surface area contributed by atoms with Crippen LogP contribution in [0.2, 0.25) is 0 Å². The Labute approximate surface area is 90.2 Å². The number of carboxylic acids is 1. The monoisotopic (exact) mass is 213 g/mol. The van der Waals surface area contributed by atoms with Gasteiger partial charge in [0.1, 0.15) is 0 Å². The van der Waals surface area contributed by atoms with Crippen molar-refractivity contribution in [3.8, 4) is 0 Å². The van der Waals surface area contributed by atoms with Crippen LogP contribution in [-0.2, 0) is 4.79 Å². The number of hydrogen-bond donors (Lipinski definition) is 2. The van der Waals surface area contributed by atoms with Gasteiger partial charge in [-0.1, -0.05) is 6.08 Å². The minimum Gasteiger partial charge on any atom is -0.478 e. The van der Waals surface area contributed by atoms with Gasteiger partial charge in [0.25, 0.3) is 0 Å². The maximum Gasteiger partial charge on any atom is 0.330 e. The summed E-state index contributed by atoms with van der Waals surface area (Å²) in [7, 11) is 0. The molecule has 0 bridgehead atoms. The second-order valence-electron chi connectivity index (χ2n) is 4.53. The number of nitrogens with zero attached hydrogens (tertiary/aromatic N) is 1. The molecular formula is C11H19NO3. The van der Waals surface area contributed by atoms with Crippen molar-refractivity contribution in [3.05, 3.63) is 11.6 Å². The van der Waals surface area contributed by atoms with Crippen molar-refractivity contribution in [2.24, 2.45) is 0 Å². The third-order valence-corrected chi connectivity index (χ3v) is 2.75. The summed E-state index contributed by atoms with van der Waals surface area (Å²) >= 11 is 0. The fourth-order valence-corrected chi connectivity index (χ4v) is 1.83. The topological polar surface area (TPSA) is 60.8 Å². The van der Waals surface area contributed by atoms with E-state index in [1.165, 1.54) is 0 Å². The van der Waals surface area contributed by atoms with Gasteiger partial charge in [0.15, 0.2) is 0 Å². The average Bonchev–Trinajstić information content (AvgIpc) is 2.12. The number of aliphatic hydroxyl groups is 1. The van der Waals surface area contributed by atoms with E-state index in [1.54, 1.807) is 13.0 Å². The molecule has 1 atom stereocenters. The minimum atomic E-state index is -0.876. The lowest BCUT2D eigenvalue weighted by Crippen LogP contribution is -2.46. The van der Waals surface area contributed by atoms with Gasteiger partial charge in [0.2, 0.25) is 0 Å². The Kier molecular flexibility index (Phi) is 3.88. The van der Waals surface area contributed by atoms with Crippen LogP contribution in [0.1, 0.15) is 26.7 Å². The van der Waals surface area contributed by atoms with Crippen LogP contribution in [0.25, 0.3) is 0 Å². The van der Waals surface area contributed by atoms with Crippen LogP contribution >= 0.6 is 0 Å². The number of hydrogen-bond acceptors (Lipinski definition) is 3. The molecule has 0 amide bonds. The Bertz CT molecular complexity index is 271. The largest absolute Gasteiger partial charge is 0.478 e. The molecule has 1 aliphatic rings. The molecule has 1 heterocycles. The van der Waals surface area contributed by atoms with Crippen molar-refractivity contribution in [1.29, 1.82) is 0 Å². The van der Waals surface area contributed by atoms with E-state index in [0.29, 0.717) is 18.7 Å². The van der Waals surface area contributed by atoms with Gasteiger partial charge in [-0.3, -0.25) is 4.90 Å². The third-order valence-electron chi connectivity index (χ3n) is 2.75. The predicted octanol–water partition coefficient (Wildman–Crippen LogP) is 0.864. The van der Waals surface area contributed by atoms with Crippen LogP contribution in [0, 0.1) is 0 Å².